The number of likely N-dealkylation sites (tertiary alicyclic amines) is 1. The Labute approximate surface area is 237 Å². The maximum absolute atomic E-state index is 13.7. The van der Waals surface area contributed by atoms with Gasteiger partial charge in [-0.05, 0) is 80.3 Å². The van der Waals surface area contributed by atoms with E-state index in [4.69, 9.17) is 9.47 Å². The van der Waals surface area contributed by atoms with Gasteiger partial charge in [0, 0.05) is 29.3 Å². The van der Waals surface area contributed by atoms with Crippen molar-refractivity contribution in [2.45, 2.75) is 49.7 Å². The molecule has 6 nitrogen and oxygen atoms in total. The summed E-state index contributed by atoms with van der Waals surface area (Å²) >= 11 is 0. The molecule has 0 spiro atoms. The van der Waals surface area contributed by atoms with Gasteiger partial charge >= 0.3 is 5.51 Å². The highest BCUT2D eigenvalue weighted by atomic mass is 32.2. The van der Waals surface area contributed by atoms with Crippen LogP contribution in [0, 0.1) is 5.92 Å². The normalized spacial score (nSPS) is 20.4. The van der Waals surface area contributed by atoms with Crippen LogP contribution in [0.5, 0.6) is 17.2 Å². The predicted molar refractivity (Wildman–Crippen MR) is 150 cm³/mol. The summed E-state index contributed by atoms with van der Waals surface area (Å²) in [5, 5.41) is 10.1. The van der Waals surface area contributed by atoms with E-state index in [1.807, 2.05) is 0 Å². The molecule has 3 atom stereocenters. The molecule has 1 saturated heterocycles. The quantitative estimate of drug-likeness (QED) is 0.326. The summed E-state index contributed by atoms with van der Waals surface area (Å²) in [6, 6.07) is 16.8. The molecule has 1 N–H and O–H groups in total. The van der Waals surface area contributed by atoms with E-state index in [2.05, 4.69) is 18.7 Å². The molecule has 0 amide bonds. The zero-order valence-electron chi connectivity index (χ0n) is 23.0. The number of rotatable bonds is 7. The lowest BCUT2D eigenvalue weighted by Gasteiger charge is -2.32. The molecule has 0 saturated carbocycles. The van der Waals surface area contributed by atoms with Crippen LogP contribution in [0.1, 0.15) is 50.0 Å². The van der Waals surface area contributed by atoms with Crippen LogP contribution in [0.15, 0.2) is 71.6 Å². The lowest BCUT2D eigenvalue weighted by atomic mass is 9.86. The minimum absolute atomic E-state index is 0.0557. The summed E-state index contributed by atoms with van der Waals surface area (Å²) in [5.41, 5.74) is -3.79. The highest BCUT2D eigenvalue weighted by Crippen LogP contribution is 2.49. The zero-order chi connectivity index (χ0) is 29.5. The number of ether oxygens (including phenoxy) is 2. The molecule has 2 heterocycles. The number of fused-ring (bicyclic) bond motifs is 1. The summed E-state index contributed by atoms with van der Waals surface area (Å²) in [5.74, 6) is 1.67. The molecule has 0 bridgehead atoms. The molecular formula is C31H32F3NO5S. The van der Waals surface area contributed by atoms with E-state index in [1.165, 1.54) is 36.8 Å². The number of alkyl halides is 3. The number of sulfone groups is 1. The Morgan fingerprint density at radius 1 is 1.07 bits per heavy atom. The van der Waals surface area contributed by atoms with Gasteiger partial charge in [-0.25, -0.2) is 8.42 Å². The second-order valence-electron chi connectivity index (χ2n) is 10.8. The Morgan fingerprint density at radius 3 is 2.44 bits per heavy atom. The van der Waals surface area contributed by atoms with Crippen LogP contribution in [0.2, 0.25) is 0 Å². The summed E-state index contributed by atoms with van der Waals surface area (Å²) in [7, 11) is -5.67. The number of allylic oxidation sites excluding steroid dienone is 1. The van der Waals surface area contributed by atoms with Crippen molar-refractivity contribution < 1.29 is 36.2 Å². The van der Waals surface area contributed by atoms with E-state index >= 15 is 0 Å². The van der Waals surface area contributed by atoms with Crippen molar-refractivity contribution >= 4 is 21.0 Å². The standard InChI is InChI=1S/C31H32F3NO5S/c1-19-14-15-35(17-19)20(2)18-39-24-11-8-22(9-12-24)30-29(21(3)26-16-23(36)10-13-27(26)40-30)25-6-4-5-7-28(25)41(37,38)31(32,33)34/h4-13,16,19-20,30,36H,14-15,17-18H2,1-3H3/t19-,20+,30?/m1/s1. The minimum atomic E-state index is -5.67. The fourth-order valence-electron chi connectivity index (χ4n) is 5.50. The maximum atomic E-state index is 13.7. The third-order valence-corrected chi connectivity index (χ3v) is 9.35. The Bertz CT molecular complexity index is 1570. The monoisotopic (exact) mass is 587 g/mol. The van der Waals surface area contributed by atoms with Gasteiger partial charge in [0.25, 0.3) is 9.84 Å². The number of benzene rings is 3. The van der Waals surface area contributed by atoms with Gasteiger partial charge in [0.2, 0.25) is 0 Å². The van der Waals surface area contributed by atoms with Crippen molar-refractivity contribution in [2.75, 3.05) is 19.7 Å². The highest BCUT2D eigenvalue weighted by Gasteiger charge is 2.48. The van der Waals surface area contributed by atoms with E-state index in [-0.39, 0.29) is 22.9 Å². The van der Waals surface area contributed by atoms with Crippen LogP contribution in [0.4, 0.5) is 13.2 Å². The molecule has 5 rings (SSSR count). The molecular weight excluding hydrogens is 555 g/mol. The first-order chi connectivity index (χ1) is 19.4. The molecule has 1 unspecified atom stereocenters. The SMILES string of the molecule is CC1=C(c2ccccc2S(=O)(=O)C(F)(F)F)C(c2ccc(OC[C@H](C)N3CC[C@@H](C)C3)cc2)Oc2ccc(O)cc21. The first-order valence-electron chi connectivity index (χ1n) is 13.4. The van der Waals surface area contributed by atoms with Gasteiger partial charge in [-0.15, -0.1) is 0 Å². The summed E-state index contributed by atoms with van der Waals surface area (Å²) < 4.78 is 78.6. The largest absolute Gasteiger partial charge is 0.508 e. The van der Waals surface area contributed by atoms with Gasteiger partial charge < -0.3 is 14.6 Å². The van der Waals surface area contributed by atoms with Gasteiger partial charge in [0.15, 0.2) is 0 Å². The second-order valence-corrected chi connectivity index (χ2v) is 12.7. The smallest absolute Gasteiger partial charge is 0.501 e. The number of halogens is 3. The van der Waals surface area contributed by atoms with Crippen LogP contribution in [-0.2, 0) is 9.84 Å². The van der Waals surface area contributed by atoms with Gasteiger partial charge in [0.05, 0.1) is 4.90 Å². The lowest BCUT2D eigenvalue weighted by Crippen LogP contribution is -2.35. The van der Waals surface area contributed by atoms with Crippen LogP contribution in [-0.4, -0.2) is 49.7 Å². The fourth-order valence-corrected chi connectivity index (χ4v) is 6.47. The van der Waals surface area contributed by atoms with E-state index in [1.54, 1.807) is 37.3 Å². The minimum Gasteiger partial charge on any atom is -0.508 e. The topological polar surface area (TPSA) is 76.1 Å². The summed E-state index contributed by atoms with van der Waals surface area (Å²) in [4.78, 5) is 1.54. The average Bonchev–Trinajstić information content (AvgIpc) is 3.38. The van der Waals surface area contributed by atoms with E-state index < -0.39 is 26.3 Å². The van der Waals surface area contributed by atoms with Crippen molar-refractivity contribution in [1.82, 2.24) is 4.90 Å². The van der Waals surface area contributed by atoms with Gasteiger partial charge in [-0.1, -0.05) is 37.3 Å². The van der Waals surface area contributed by atoms with Gasteiger partial charge in [0.1, 0.15) is 30.0 Å². The van der Waals surface area contributed by atoms with Crippen LogP contribution in [0.25, 0.3) is 11.1 Å². The van der Waals surface area contributed by atoms with Gasteiger partial charge in [-0.3, -0.25) is 4.90 Å². The average molecular weight is 588 g/mol. The first-order valence-corrected chi connectivity index (χ1v) is 14.9. The molecule has 41 heavy (non-hydrogen) atoms. The molecule has 3 aromatic rings. The molecule has 1 fully saturated rings. The molecule has 10 heteroatoms. The Balaban J connectivity index is 1.52. The number of nitrogens with zero attached hydrogens (tertiary/aromatic N) is 1. The van der Waals surface area contributed by atoms with Gasteiger partial charge in [-0.2, -0.15) is 13.2 Å². The van der Waals surface area contributed by atoms with Crippen molar-refractivity contribution in [3.8, 4) is 17.2 Å². The van der Waals surface area contributed by atoms with Crippen molar-refractivity contribution in [3.05, 3.63) is 83.4 Å². The molecule has 0 aromatic heterocycles. The first kappa shape index (κ1) is 29.0. The van der Waals surface area contributed by atoms with Crippen LogP contribution in [0.3, 0.4) is 0 Å². The van der Waals surface area contributed by atoms with Crippen molar-refractivity contribution in [1.29, 1.82) is 0 Å². The lowest BCUT2D eigenvalue weighted by molar-refractivity contribution is -0.0436. The highest BCUT2D eigenvalue weighted by molar-refractivity contribution is 7.92. The molecule has 3 aromatic carbocycles. The molecule has 2 aliphatic rings. The fraction of sp³-hybridized carbons (Fsp3) is 0.355. The molecule has 218 valence electrons. The third-order valence-electron chi connectivity index (χ3n) is 7.80. The second kappa shape index (κ2) is 11.1. The van der Waals surface area contributed by atoms with E-state index in [0.717, 1.165) is 19.2 Å². The van der Waals surface area contributed by atoms with Crippen molar-refractivity contribution in [2.24, 2.45) is 5.92 Å². The molecule has 2 aliphatic heterocycles. The third kappa shape index (κ3) is 5.67. The summed E-state index contributed by atoms with van der Waals surface area (Å²) in [6.45, 7) is 8.64. The molecule has 0 aliphatic carbocycles. The Hall–Kier alpha value is -3.50. The zero-order valence-corrected chi connectivity index (χ0v) is 23.8. The number of hydrogen-bond acceptors (Lipinski definition) is 6. The van der Waals surface area contributed by atoms with Crippen LogP contribution >= 0.6 is 0 Å². The summed E-state index contributed by atoms with van der Waals surface area (Å²) in [6.07, 6.45) is 0.252. The number of hydrogen-bond donors (Lipinski definition) is 1. The number of phenols is 1. The predicted octanol–water partition coefficient (Wildman–Crippen LogP) is 6.86. The van der Waals surface area contributed by atoms with Crippen molar-refractivity contribution in [3.63, 3.8) is 0 Å². The number of aromatic hydroxyl groups is 1. The van der Waals surface area contributed by atoms with E-state index in [9.17, 15) is 26.7 Å². The Morgan fingerprint density at radius 2 is 1.78 bits per heavy atom. The molecule has 0 radical (unpaired) electrons. The Kier molecular flexibility index (Phi) is 7.82. The van der Waals surface area contributed by atoms with Crippen LogP contribution < -0.4 is 9.47 Å². The number of phenolic OH excluding ortho intramolecular Hbond substituents is 1. The maximum Gasteiger partial charge on any atom is 0.501 e. The van der Waals surface area contributed by atoms with E-state index in [0.29, 0.717) is 40.7 Å².